The van der Waals surface area contributed by atoms with Gasteiger partial charge in [0.1, 0.15) is 12.6 Å². The molecule has 1 fully saturated rings. The summed E-state index contributed by atoms with van der Waals surface area (Å²) < 4.78 is 0. The van der Waals surface area contributed by atoms with Crippen LogP contribution in [0.2, 0.25) is 0 Å². The number of carboxylic acid groups (broad SMARTS) is 3. The lowest BCUT2D eigenvalue weighted by Crippen LogP contribution is -2.70. The van der Waals surface area contributed by atoms with Crippen molar-refractivity contribution in [1.29, 1.82) is 0 Å². The van der Waals surface area contributed by atoms with Crippen LogP contribution in [0.3, 0.4) is 0 Å². The molecule has 0 aromatic rings. The smallest absolute Gasteiger partial charge is 0.326 e. The third kappa shape index (κ3) is 14.1. The van der Waals surface area contributed by atoms with E-state index in [1.165, 1.54) is 19.3 Å². The first-order valence-electron chi connectivity index (χ1n) is 14.4. The highest BCUT2D eigenvalue weighted by molar-refractivity contribution is 8.00. The summed E-state index contributed by atoms with van der Waals surface area (Å²) in [6, 6.07) is -1.39. The van der Waals surface area contributed by atoms with Gasteiger partial charge >= 0.3 is 17.9 Å². The van der Waals surface area contributed by atoms with Gasteiger partial charge in [0, 0.05) is 23.8 Å². The van der Waals surface area contributed by atoms with Crippen molar-refractivity contribution in [3.63, 3.8) is 0 Å². The SMILES string of the molecule is CCCCC/C=C\C/C=C/C=C\C=C/[C@H](SC[C@](N)(C(=O)NCC(=O)O)N1C(=O)CC[C@H]1C(=O)O)[C@@H](O)CCCC(=O)O. The fourth-order valence-corrected chi connectivity index (χ4v) is 5.66. The summed E-state index contributed by atoms with van der Waals surface area (Å²) in [5.41, 5.74) is 4.18. The largest absolute Gasteiger partial charge is 0.481 e. The number of nitrogens with zero attached hydrogens (tertiary/aromatic N) is 1. The van der Waals surface area contributed by atoms with Crippen molar-refractivity contribution < 1.29 is 44.4 Å². The van der Waals surface area contributed by atoms with Crippen molar-refractivity contribution in [2.24, 2.45) is 5.73 Å². The van der Waals surface area contributed by atoms with Crippen LogP contribution in [0.4, 0.5) is 0 Å². The fraction of sp³-hybridized carbons (Fsp3) is 0.567. The molecule has 4 atom stereocenters. The van der Waals surface area contributed by atoms with Crippen molar-refractivity contribution in [2.45, 2.75) is 94.2 Å². The zero-order valence-electron chi connectivity index (χ0n) is 24.6. The van der Waals surface area contributed by atoms with Crippen LogP contribution in [0.5, 0.6) is 0 Å². The quantitative estimate of drug-likeness (QED) is 0.0587. The minimum Gasteiger partial charge on any atom is -0.481 e. The molecule has 0 bridgehead atoms. The Bertz CT molecular complexity index is 1060. The average molecular weight is 624 g/mol. The molecule has 7 N–H and O–H groups in total. The van der Waals surface area contributed by atoms with Crippen LogP contribution in [-0.4, -0.2) is 90.4 Å². The summed E-state index contributed by atoms with van der Waals surface area (Å²) in [7, 11) is 0. The molecule has 0 saturated carbocycles. The Morgan fingerprint density at radius 2 is 1.77 bits per heavy atom. The normalized spacial score (nSPS) is 18.5. The Labute approximate surface area is 256 Å². The van der Waals surface area contributed by atoms with Crippen LogP contribution in [0.25, 0.3) is 0 Å². The van der Waals surface area contributed by atoms with E-state index in [1.54, 1.807) is 24.3 Å². The van der Waals surface area contributed by atoms with Gasteiger partial charge in [0.2, 0.25) is 5.91 Å². The molecular formula is C30H45N3O9S. The van der Waals surface area contributed by atoms with Crippen molar-refractivity contribution in [3.8, 4) is 0 Å². The Morgan fingerprint density at radius 3 is 2.42 bits per heavy atom. The maximum atomic E-state index is 13.1. The lowest BCUT2D eigenvalue weighted by molar-refractivity contribution is -0.155. The highest BCUT2D eigenvalue weighted by Gasteiger charge is 2.51. The maximum Gasteiger partial charge on any atom is 0.326 e. The molecule has 12 nitrogen and oxygen atoms in total. The topological polar surface area (TPSA) is 208 Å². The van der Waals surface area contributed by atoms with Gasteiger partial charge in [-0.2, -0.15) is 0 Å². The van der Waals surface area contributed by atoms with Gasteiger partial charge in [-0.3, -0.25) is 24.9 Å². The third-order valence-electron chi connectivity index (χ3n) is 6.67. The monoisotopic (exact) mass is 623 g/mol. The average Bonchev–Trinajstić information content (AvgIpc) is 3.35. The molecule has 0 unspecified atom stereocenters. The number of aliphatic hydroxyl groups is 1. The number of aliphatic hydroxyl groups excluding tert-OH is 1. The first-order valence-corrected chi connectivity index (χ1v) is 15.5. The van der Waals surface area contributed by atoms with Gasteiger partial charge in [-0.25, -0.2) is 4.79 Å². The number of carbonyl (C=O) groups is 5. The predicted molar refractivity (Wildman–Crippen MR) is 164 cm³/mol. The molecule has 1 saturated heterocycles. The zero-order valence-corrected chi connectivity index (χ0v) is 25.4. The number of nitrogens with two attached hydrogens (primary N) is 1. The summed E-state index contributed by atoms with van der Waals surface area (Å²) in [4.78, 5) is 60.4. The number of allylic oxidation sites excluding steroid dienone is 7. The number of hydrogen-bond donors (Lipinski definition) is 6. The molecule has 43 heavy (non-hydrogen) atoms. The van der Waals surface area contributed by atoms with Crippen LogP contribution in [0.1, 0.15) is 71.1 Å². The third-order valence-corrected chi connectivity index (χ3v) is 8.13. The number of aliphatic carboxylic acids is 3. The standard InChI is InChI=1S/C30H45N3O9S/c1-2-3-4-5-6-7-8-9-10-11-12-13-16-24(23(34)15-14-17-26(36)37)43-21-30(31,29(42)32-20-27(38)39)33-22(28(40)41)18-19-25(33)35/h6-7,9-13,16,22-24,34H,2-5,8,14-15,17-21,31H2,1H3,(H,32,42)(H,36,37)(H,38,39)(H,40,41)/b7-6-,10-9+,12-11-,16-13-/t22-,23-,24-,30+/m0/s1. The van der Waals surface area contributed by atoms with E-state index in [0.29, 0.717) is 0 Å². The van der Waals surface area contributed by atoms with Gasteiger partial charge in [-0.1, -0.05) is 68.4 Å². The Kier molecular flexibility index (Phi) is 17.9. The summed E-state index contributed by atoms with van der Waals surface area (Å²) in [5, 5.41) is 39.9. The first kappa shape index (κ1) is 37.6. The molecular weight excluding hydrogens is 578 g/mol. The van der Waals surface area contributed by atoms with E-state index in [9.17, 15) is 34.2 Å². The van der Waals surface area contributed by atoms with E-state index < -0.39 is 59.3 Å². The van der Waals surface area contributed by atoms with Crippen LogP contribution in [0, 0.1) is 0 Å². The van der Waals surface area contributed by atoms with E-state index in [4.69, 9.17) is 15.9 Å². The summed E-state index contributed by atoms with van der Waals surface area (Å²) in [6.07, 6.45) is 19.2. The molecule has 1 rings (SSSR count). The van der Waals surface area contributed by atoms with Crippen molar-refractivity contribution in [2.75, 3.05) is 12.3 Å². The number of carboxylic acids is 3. The molecule has 1 aliphatic rings. The molecule has 1 heterocycles. The number of amides is 2. The van der Waals surface area contributed by atoms with Crippen LogP contribution >= 0.6 is 11.8 Å². The number of hydrogen-bond acceptors (Lipinski definition) is 8. The Balaban J connectivity index is 3.07. The number of thioether (sulfide) groups is 1. The summed E-state index contributed by atoms with van der Waals surface area (Å²) >= 11 is 0.978. The van der Waals surface area contributed by atoms with E-state index >= 15 is 0 Å². The Hall–Kier alpha value is -3.42. The molecule has 2 amide bonds. The number of nitrogens with one attached hydrogen (secondary N) is 1. The van der Waals surface area contributed by atoms with E-state index in [-0.39, 0.29) is 37.9 Å². The van der Waals surface area contributed by atoms with Crippen LogP contribution < -0.4 is 11.1 Å². The predicted octanol–water partition coefficient (Wildman–Crippen LogP) is 2.83. The molecule has 0 spiro atoms. The first-order chi connectivity index (χ1) is 20.4. The number of carbonyl (C=O) groups excluding carboxylic acids is 2. The molecule has 1 aliphatic heterocycles. The molecule has 0 aromatic heterocycles. The van der Waals surface area contributed by atoms with Gasteiger partial charge in [0.15, 0.2) is 5.66 Å². The molecule has 0 aliphatic carbocycles. The number of likely N-dealkylation sites (tertiary alicyclic amines) is 1. The molecule has 0 radical (unpaired) electrons. The highest BCUT2D eigenvalue weighted by atomic mass is 32.2. The fourth-order valence-electron chi connectivity index (χ4n) is 4.38. The zero-order chi connectivity index (χ0) is 32.3. The van der Waals surface area contributed by atoms with E-state index in [0.717, 1.165) is 29.5 Å². The van der Waals surface area contributed by atoms with Gasteiger partial charge in [-0.15, -0.1) is 11.8 Å². The van der Waals surface area contributed by atoms with Crippen molar-refractivity contribution in [1.82, 2.24) is 10.2 Å². The van der Waals surface area contributed by atoms with Gasteiger partial charge in [-0.05, 0) is 38.5 Å². The molecule has 0 aromatic carbocycles. The van der Waals surface area contributed by atoms with Crippen molar-refractivity contribution >= 4 is 41.5 Å². The minimum atomic E-state index is -2.23. The highest BCUT2D eigenvalue weighted by Crippen LogP contribution is 2.31. The van der Waals surface area contributed by atoms with Gasteiger partial charge in [0.05, 0.1) is 6.10 Å². The second kappa shape index (κ2) is 20.5. The van der Waals surface area contributed by atoms with Crippen LogP contribution in [-0.2, 0) is 24.0 Å². The number of unbranched alkanes of at least 4 members (excludes halogenated alkanes) is 3. The lowest BCUT2D eigenvalue weighted by Gasteiger charge is -2.39. The van der Waals surface area contributed by atoms with Crippen LogP contribution in [0.15, 0.2) is 48.6 Å². The number of rotatable bonds is 22. The summed E-state index contributed by atoms with van der Waals surface area (Å²) in [6.45, 7) is 1.37. The second-order valence-electron chi connectivity index (χ2n) is 10.2. The van der Waals surface area contributed by atoms with E-state index in [2.05, 4.69) is 24.4 Å². The van der Waals surface area contributed by atoms with E-state index in [1.807, 2.05) is 12.2 Å². The maximum absolute atomic E-state index is 13.1. The summed E-state index contributed by atoms with van der Waals surface area (Å²) in [5.74, 6) is -5.80. The lowest BCUT2D eigenvalue weighted by atomic mass is 10.1. The minimum absolute atomic E-state index is 0.0713. The van der Waals surface area contributed by atoms with Gasteiger partial charge < -0.3 is 30.6 Å². The van der Waals surface area contributed by atoms with Crippen molar-refractivity contribution in [3.05, 3.63) is 48.6 Å². The second-order valence-corrected chi connectivity index (χ2v) is 11.4. The van der Waals surface area contributed by atoms with Gasteiger partial charge in [0.25, 0.3) is 5.91 Å². The molecule has 240 valence electrons. The Morgan fingerprint density at radius 1 is 1.05 bits per heavy atom. The molecule has 13 heteroatoms.